The van der Waals surface area contributed by atoms with Crippen molar-refractivity contribution in [3.05, 3.63) is 52.7 Å². The molecule has 0 spiro atoms. The molecule has 7 nitrogen and oxygen atoms in total. The first-order valence-electron chi connectivity index (χ1n) is 11.5. The van der Waals surface area contributed by atoms with Gasteiger partial charge in [-0.1, -0.05) is 23.2 Å². The van der Waals surface area contributed by atoms with Gasteiger partial charge in [0.1, 0.15) is 11.6 Å². The summed E-state index contributed by atoms with van der Waals surface area (Å²) in [5, 5.41) is 0.483. The first-order chi connectivity index (χ1) is 16.4. The van der Waals surface area contributed by atoms with Crippen molar-refractivity contribution in [2.24, 2.45) is 0 Å². The number of benzene rings is 1. The van der Waals surface area contributed by atoms with E-state index in [1.165, 1.54) is 6.07 Å². The summed E-state index contributed by atoms with van der Waals surface area (Å²) in [6, 6.07) is 7.21. The summed E-state index contributed by atoms with van der Waals surface area (Å²) in [7, 11) is 0. The van der Waals surface area contributed by atoms with Crippen LogP contribution in [-0.2, 0) is 0 Å². The number of hydrogen-bond donors (Lipinski definition) is 0. The zero-order valence-corrected chi connectivity index (χ0v) is 20.6. The summed E-state index contributed by atoms with van der Waals surface area (Å²) in [5.41, 5.74) is 1.49. The van der Waals surface area contributed by atoms with Crippen LogP contribution in [0.25, 0.3) is 11.3 Å². The molecule has 0 saturated carbocycles. The molecule has 3 aromatic rings. The van der Waals surface area contributed by atoms with Crippen molar-refractivity contribution >= 4 is 40.8 Å². The van der Waals surface area contributed by atoms with E-state index in [-0.39, 0.29) is 11.1 Å². The first-order valence-corrected chi connectivity index (χ1v) is 12.3. The molecule has 5 rings (SSSR count). The molecule has 2 atom stereocenters. The van der Waals surface area contributed by atoms with E-state index in [9.17, 15) is 4.39 Å². The van der Waals surface area contributed by atoms with Crippen LogP contribution in [0.4, 0.5) is 22.0 Å². The van der Waals surface area contributed by atoms with Gasteiger partial charge in [0.05, 0.1) is 10.7 Å². The summed E-state index contributed by atoms with van der Waals surface area (Å²) in [5.74, 6) is 1.79. The van der Waals surface area contributed by atoms with Gasteiger partial charge in [0, 0.05) is 62.3 Å². The third kappa shape index (κ3) is 4.49. The van der Waals surface area contributed by atoms with Gasteiger partial charge in [0.2, 0.25) is 5.95 Å². The van der Waals surface area contributed by atoms with Crippen LogP contribution in [0.2, 0.25) is 10.2 Å². The van der Waals surface area contributed by atoms with Crippen LogP contribution in [0.5, 0.6) is 0 Å². The Kier molecular flexibility index (Phi) is 6.44. The predicted molar refractivity (Wildman–Crippen MR) is 135 cm³/mol. The van der Waals surface area contributed by atoms with Crippen molar-refractivity contribution in [2.45, 2.75) is 38.8 Å². The lowest BCUT2D eigenvalue weighted by atomic mass is 10.1. The summed E-state index contributed by atoms with van der Waals surface area (Å²) >= 11 is 12.4. The molecule has 2 aliphatic rings. The Balaban J connectivity index is 1.49. The first kappa shape index (κ1) is 23.1. The standard InChI is InChI=1S/C24H26Cl2FN7/c1-15-4-3-9-33(15)21-13-20(17-5-6-19(27)18(25)12-17)30-24(31-21)34-11-10-32(14-16(34)2)23-22(26)28-7-8-29-23/h5-8,12-13,15-16H,3-4,9-11,14H2,1-2H3. The predicted octanol–water partition coefficient (Wildman–Crippen LogP) is 5.08. The summed E-state index contributed by atoms with van der Waals surface area (Å²) in [6.45, 7) is 7.44. The molecule has 0 aliphatic carbocycles. The van der Waals surface area contributed by atoms with E-state index >= 15 is 0 Å². The minimum atomic E-state index is -0.444. The van der Waals surface area contributed by atoms with Crippen molar-refractivity contribution in [3.63, 3.8) is 0 Å². The summed E-state index contributed by atoms with van der Waals surface area (Å²) in [6.07, 6.45) is 5.51. The normalized spacial score (nSPS) is 20.8. The molecule has 34 heavy (non-hydrogen) atoms. The lowest BCUT2D eigenvalue weighted by Gasteiger charge is -2.40. The topological polar surface area (TPSA) is 61.3 Å². The van der Waals surface area contributed by atoms with E-state index in [1.54, 1.807) is 24.5 Å². The van der Waals surface area contributed by atoms with Crippen molar-refractivity contribution in [1.29, 1.82) is 0 Å². The van der Waals surface area contributed by atoms with Gasteiger partial charge in [-0.2, -0.15) is 4.98 Å². The SMILES string of the molecule is CC1CCCN1c1cc(-c2ccc(F)c(Cl)c2)nc(N2CCN(c3nccnc3Cl)CC2C)n1. The Bertz CT molecular complexity index is 1190. The molecule has 2 unspecified atom stereocenters. The number of piperazine rings is 1. The smallest absolute Gasteiger partial charge is 0.228 e. The average Bonchev–Trinajstić information content (AvgIpc) is 3.26. The van der Waals surface area contributed by atoms with E-state index in [4.69, 9.17) is 33.2 Å². The molecular formula is C24H26Cl2FN7. The highest BCUT2D eigenvalue weighted by molar-refractivity contribution is 6.31. The number of aromatic nitrogens is 4. The minimum Gasteiger partial charge on any atom is -0.354 e. The van der Waals surface area contributed by atoms with Gasteiger partial charge in [0.15, 0.2) is 11.0 Å². The molecule has 0 radical (unpaired) electrons. The molecule has 0 amide bonds. The number of anilines is 3. The zero-order valence-electron chi connectivity index (χ0n) is 19.1. The van der Waals surface area contributed by atoms with Crippen molar-refractivity contribution < 1.29 is 4.39 Å². The molecular weight excluding hydrogens is 476 g/mol. The summed E-state index contributed by atoms with van der Waals surface area (Å²) in [4.78, 5) is 25.1. The minimum absolute atomic E-state index is 0.0802. The van der Waals surface area contributed by atoms with Crippen LogP contribution in [0, 0.1) is 5.82 Å². The van der Waals surface area contributed by atoms with E-state index in [0.717, 1.165) is 36.5 Å². The van der Waals surface area contributed by atoms with Crippen LogP contribution in [-0.4, -0.2) is 58.2 Å². The Morgan fingerprint density at radius 2 is 1.76 bits per heavy atom. The maximum Gasteiger partial charge on any atom is 0.228 e. The van der Waals surface area contributed by atoms with Crippen LogP contribution in [0.15, 0.2) is 36.7 Å². The quantitative estimate of drug-likeness (QED) is 0.493. The Hall–Kier alpha value is -2.71. The van der Waals surface area contributed by atoms with Crippen LogP contribution in [0.3, 0.4) is 0 Å². The molecule has 178 valence electrons. The van der Waals surface area contributed by atoms with Gasteiger partial charge in [-0.05, 0) is 44.9 Å². The Labute approximate surface area is 208 Å². The van der Waals surface area contributed by atoms with Crippen molar-refractivity contribution in [3.8, 4) is 11.3 Å². The maximum absolute atomic E-state index is 13.8. The van der Waals surface area contributed by atoms with Gasteiger partial charge >= 0.3 is 0 Å². The molecule has 0 bridgehead atoms. The average molecular weight is 502 g/mol. The zero-order chi connectivity index (χ0) is 23.8. The second-order valence-corrected chi connectivity index (χ2v) is 9.65. The second-order valence-electron chi connectivity index (χ2n) is 8.88. The molecule has 10 heteroatoms. The van der Waals surface area contributed by atoms with Gasteiger partial charge in [-0.25, -0.2) is 19.3 Å². The number of halogens is 3. The lowest BCUT2D eigenvalue weighted by Crippen LogP contribution is -2.53. The molecule has 2 aromatic heterocycles. The molecule has 1 aromatic carbocycles. The largest absolute Gasteiger partial charge is 0.354 e. The van der Waals surface area contributed by atoms with Crippen molar-refractivity contribution in [1.82, 2.24) is 19.9 Å². The lowest BCUT2D eigenvalue weighted by molar-refractivity contribution is 0.536. The Morgan fingerprint density at radius 1 is 0.941 bits per heavy atom. The van der Waals surface area contributed by atoms with Crippen LogP contribution >= 0.6 is 23.2 Å². The highest BCUT2D eigenvalue weighted by atomic mass is 35.5. The fourth-order valence-electron chi connectivity index (χ4n) is 4.75. The second kappa shape index (κ2) is 9.50. The highest BCUT2D eigenvalue weighted by Crippen LogP contribution is 2.32. The molecule has 2 fully saturated rings. The fraction of sp³-hybridized carbons (Fsp3) is 0.417. The molecule has 2 aliphatic heterocycles. The third-order valence-corrected chi connectivity index (χ3v) is 7.14. The molecule has 0 N–H and O–H groups in total. The monoisotopic (exact) mass is 501 g/mol. The Morgan fingerprint density at radius 3 is 2.47 bits per heavy atom. The van der Waals surface area contributed by atoms with E-state index in [0.29, 0.717) is 42.6 Å². The number of nitrogens with zero attached hydrogens (tertiary/aromatic N) is 7. The van der Waals surface area contributed by atoms with E-state index in [1.807, 2.05) is 6.07 Å². The van der Waals surface area contributed by atoms with Gasteiger partial charge in [-0.15, -0.1) is 0 Å². The number of rotatable bonds is 4. The van der Waals surface area contributed by atoms with Gasteiger partial charge < -0.3 is 14.7 Å². The third-order valence-electron chi connectivity index (χ3n) is 6.58. The van der Waals surface area contributed by atoms with Crippen LogP contribution in [0.1, 0.15) is 26.7 Å². The highest BCUT2D eigenvalue weighted by Gasteiger charge is 2.30. The summed E-state index contributed by atoms with van der Waals surface area (Å²) < 4.78 is 13.8. The van der Waals surface area contributed by atoms with Gasteiger partial charge in [0.25, 0.3) is 0 Å². The fourth-order valence-corrected chi connectivity index (χ4v) is 5.15. The van der Waals surface area contributed by atoms with E-state index < -0.39 is 5.82 Å². The van der Waals surface area contributed by atoms with E-state index in [2.05, 4.69) is 38.5 Å². The maximum atomic E-state index is 13.8. The number of hydrogen-bond acceptors (Lipinski definition) is 7. The molecule has 4 heterocycles. The van der Waals surface area contributed by atoms with Crippen molar-refractivity contribution in [2.75, 3.05) is 40.9 Å². The van der Waals surface area contributed by atoms with Gasteiger partial charge in [-0.3, -0.25) is 0 Å². The van der Waals surface area contributed by atoms with Crippen LogP contribution < -0.4 is 14.7 Å². The molecule has 2 saturated heterocycles.